The van der Waals surface area contributed by atoms with E-state index in [1.807, 2.05) is 12.1 Å². The summed E-state index contributed by atoms with van der Waals surface area (Å²) in [7, 11) is 4.90. The molecule has 7 heteroatoms. The highest BCUT2D eigenvalue weighted by atomic mass is 19.2. The van der Waals surface area contributed by atoms with Gasteiger partial charge in [-0.3, -0.25) is 9.69 Å². The first-order valence-corrected chi connectivity index (χ1v) is 7.57. The van der Waals surface area contributed by atoms with Gasteiger partial charge >= 0.3 is 0 Å². The second kappa shape index (κ2) is 8.43. The van der Waals surface area contributed by atoms with Crippen LogP contribution < -0.4 is 14.8 Å². The fraction of sp³-hybridized carbons (Fsp3) is 0.278. The molecule has 0 radical (unpaired) electrons. The van der Waals surface area contributed by atoms with Gasteiger partial charge in [-0.1, -0.05) is 6.07 Å². The van der Waals surface area contributed by atoms with Gasteiger partial charge in [0.05, 0.1) is 20.8 Å². The molecule has 0 aliphatic rings. The molecule has 0 saturated heterocycles. The fourth-order valence-corrected chi connectivity index (χ4v) is 2.37. The summed E-state index contributed by atoms with van der Waals surface area (Å²) in [6, 6.07) is 8.74. The van der Waals surface area contributed by atoms with E-state index in [9.17, 15) is 13.6 Å². The van der Waals surface area contributed by atoms with Crippen LogP contribution in [0.1, 0.15) is 5.56 Å². The van der Waals surface area contributed by atoms with Crippen molar-refractivity contribution in [1.82, 2.24) is 4.90 Å². The van der Waals surface area contributed by atoms with Gasteiger partial charge in [-0.05, 0) is 36.9 Å². The third-order valence-electron chi connectivity index (χ3n) is 3.52. The Hall–Kier alpha value is -2.67. The summed E-state index contributed by atoms with van der Waals surface area (Å²) in [6.45, 7) is 0.596. The minimum Gasteiger partial charge on any atom is -0.493 e. The highest BCUT2D eigenvalue weighted by Gasteiger charge is 2.11. The van der Waals surface area contributed by atoms with E-state index < -0.39 is 11.6 Å². The number of likely N-dealkylation sites (N-methyl/N-ethyl adjacent to an activating group) is 1. The molecule has 0 aliphatic heterocycles. The van der Waals surface area contributed by atoms with Crippen LogP contribution >= 0.6 is 0 Å². The van der Waals surface area contributed by atoms with E-state index in [1.54, 1.807) is 32.2 Å². The molecule has 0 fully saturated rings. The molecule has 2 rings (SSSR count). The van der Waals surface area contributed by atoms with E-state index in [0.29, 0.717) is 18.0 Å². The molecule has 0 unspecified atom stereocenters. The highest BCUT2D eigenvalue weighted by molar-refractivity contribution is 5.92. The van der Waals surface area contributed by atoms with Crippen LogP contribution in [0, 0.1) is 11.6 Å². The van der Waals surface area contributed by atoms with E-state index in [-0.39, 0.29) is 18.1 Å². The Morgan fingerprint density at radius 1 is 1.04 bits per heavy atom. The number of benzene rings is 2. The lowest BCUT2D eigenvalue weighted by molar-refractivity contribution is -0.117. The van der Waals surface area contributed by atoms with Crippen molar-refractivity contribution in [2.45, 2.75) is 6.54 Å². The van der Waals surface area contributed by atoms with Gasteiger partial charge in [0.2, 0.25) is 5.91 Å². The largest absolute Gasteiger partial charge is 0.493 e. The third kappa shape index (κ3) is 5.15. The molecule has 0 bridgehead atoms. The van der Waals surface area contributed by atoms with Crippen LogP contribution in [0.15, 0.2) is 36.4 Å². The van der Waals surface area contributed by atoms with Crippen LogP contribution in [0.25, 0.3) is 0 Å². The molecule has 2 aromatic rings. The molecule has 1 amide bonds. The van der Waals surface area contributed by atoms with Crippen molar-refractivity contribution in [3.05, 3.63) is 53.6 Å². The molecule has 0 atom stereocenters. The van der Waals surface area contributed by atoms with Gasteiger partial charge in [-0.15, -0.1) is 0 Å². The number of hydrogen-bond acceptors (Lipinski definition) is 4. The van der Waals surface area contributed by atoms with Gasteiger partial charge in [-0.25, -0.2) is 8.78 Å². The van der Waals surface area contributed by atoms with Gasteiger partial charge in [0.25, 0.3) is 0 Å². The number of halogens is 2. The Morgan fingerprint density at radius 2 is 1.76 bits per heavy atom. The molecule has 0 aromatic heterocycles. The topological polar surface area (TPSA) is 50.8 Å². The Kier molecular flexibility index (Phi) is 6.30. The number of carbonyl (C=O) groups is 1. The highest BCUT2D eigenvalue weighted by Crippen LogP contribution is 2.27. The van der Waals surface area contributed by atoms with Crippen LogP contribution in [0.4, 0.5) is 14.5 Å². The minimum absolute atomic E-state index is 0.0906. The summed E-state index contributed by atoms with van der Waals surface area (Å²) in [6.07, 6.45) is 0. The van der Waals surface area contributed by atoms with E-state index in [2.05, 4.69) is 5.32 Å². The number of hydrogen-bond donors (Lipinski definition) is 1. The average molecular weight is 350 g/mol. The van der Waals surface area contributed by atoms with E-state index in [4.69, 9.17) is 9.47 Å². The van der Waals surface area contributed by atoms with Crippen molar-refractivity contribution >= 4 is 11.6 Å². The predicted octanol–water partition coefficient (Wildman–Crippen LogP) is 3.05. The van der Waals surface area contributed by atoms with Gasteiger partial charge < -0.3 is 14.8 Å². The molecule has 5 nitrogen and oxygen atoms in total. The maximum absolute atomic E-state index is 13.2. The number of amides is 1. The number of rotatable bonds is 7. The Balaban J connectivity index is 1.94. The Morgan fingerprint density at radius 3 is 2.40 bits per heavy atom. The Bertz CT molecular complexity index is 753. The van der Waals surface area contributed by atoms with Crippen molar-refractivity contribution in [1.29, 1.82) is 0 Å². The lowest BCUT2D eigenvalue weighted by Gasteiger charge is -2.17. The van der Waals surface area contributed by atoms with Crippen molar-refractivity contribution < 1.29 is 23.0 Å². The van der Waals surface area contributed by atoms with Crippen molar-refractivity contribution in [2.24, 2.45) is 0 Å². The number of anilines is 1. The third-order valence-corrected chi connectivity index (χ3v) is 3.52. The summed E-state index contributed by atoms with van der Waals surface area (Å²) in [5, 5.41) is 2.54. The molecule has 2 aromatic carbocycles. The number of carbonyl (C=O) groups excluding carboxylic acids is 1. The van der Waals surface area contributed by atoms with Crippen LogP contribution in [-0.4, -0.2) is 38.6 Å². The normalized spacial score (nSPS) is 10.6. The standard InChI is InChI=1S/C18H20F2N2O3/c1-22(10-12-4-7-16(24-2)17(8-12)25-3)11-18(23)21-13-5-6-14(19)15(20)9-13/h4-9H,10-11H2,1-3H3,(H,21,23). The van der Waals surface area contributed by atoms with Crippen LogP contribution in [0.2, 0.25) is 0 Å². The molecule has 0 heterocycles. The summed E-state index contributed by atoms with van der Waals surface area (Å²) >= 11 is 0. The van der Waals surface area contributed by atoms with E-state index in [1.165, 1.54) is 6.07 Å². The summed E-state index contributed by atoms with van der Waals surface area (Å²) in [4.78, 5) is 13.8. The first-order valence-electron chi connectivity index (χ1n) is 7.57. The first kappa shape index (κ1) is 18.7. The number of ether oxygens (including phenoxy) is 2. The maximum Gasteiger partial charge on any atom is 0.238 e. The quantitative estimate of drug-likeness (QED) is 0.834. The van der Waals surface area contributed by atoms with Crippen molar-refractivity contribution in [2.75, 3.05) is 33.1 Å². The number of nitrogens with zero attached hydrogens (tertiary/aromatic N) is 1. The minimum atomic E-state index is -1.00. The zero-order chi connectivity index (χ0) is 18.4. The second-order valence-corrected chi connectivity index (χ2v) is 5.54. The fourth-order valence-electron chi connectivity index (χ4n) is 2.37. The van der Waals surface area contributed by atoms with Gasteiger partial charge in [-0.2, -0.15) is 0 Å². The molecule has 25 heavy (non-hydrogen) atoms. The van der Waals surface area contributed by atoms with E-state index in [0.717, 1.165) is 17.7 Å². The van der Waals surface area contributed by atoms with Crippen molar-refractivity contribution in [3.63, 3.8) is 0 Å². The predicted molar refractivity (Wildman–Crippen MR) is 90.9 cm³/mol. The van der Waals surface area contributed by atoms with Gasteiger partial charge in [0.15, 0.2) is 23.1 Å². The average Bonchev–Trinajstić information content (AvgIpc) is 2.57. The summed E-state index contributed by atoms with van der Waals surface area (Å²) in [5.74, 6) is -1.04. The zero-order valence-corrected chi connectivity index (χ0v) is 14.3. The number of nitrogens with one attached hydrogen (secondary N) is 1. The molecule has 0 spiro atoms. The van der Waals surface area contributed by atoms with E-state index >= 15 is 0 Å². The van der Waals surface area contributed by atoms with Crippen LogP contribution in [0.3, 0.4) is 0 Å². The van der Waals surface area contributed by atoms with Crippen molar-refractivity contribution in [3.8, 4) is 11.5 Å². The van der Waals surface area contributed by atoms with Crippen LogP contribution in [0.5, 0.6) is 11.5 Å². The summed E-state index contributed by atoms with van der Waals surface area (Å²) < 4.78 is 36.5. The lowest BCUT2D eigenvalue weighted by atomic mass is 10.2. The van der Waals surface area contributed by atoms with Gasteiger partial charge in [0, 0.05) is 18.3 Å². The molecule has 134 valence electrons. The molecule has 0 saturated carbocycles. The molecular weight excluding hydrogens is 330 g/mol. The monoisotopic (exact) mass is 350 g/mol. The SMILES string of the molecule is COc1ccc(CN(C)CC(=O)Nc2ccc(F)c(F)c2)cc1OC. The Labute approximate surface area is 145 Å². The molecule has 0 aliphatic carbocycles. The van der Waals surface area contributed by atoms with Gasteiger partial charge in [0.1, 0.15) is 0 Å². The maximum atomic E-state index is 13.2. The molecule has 1 N–H and O–H groups in total. The molecular formula is C18H20F2N2O3. The smallest absolute Gasteiger partial charge is 0.238 e. The summed E-state index contributed by atoms with van der Waals surface area (Å²) in [5.41, 5.74) is 1.16. The zero-order valence-electron chi connectivity index (χ0n) is 14.3. The number of methoxy groups -OCH3 is 2. The second-order valence-electron chi connectivity index (χ2n) is 5.54. The lowest BCUT2D eigenvalue weighted by Crippen LogP contribution is -2.29. The van der Waals surface area contributed by atoms with Crippen LogP contribution in [-0.2, 0) is 11.3 Å². The first-order chi connectivity index (χ1) is 11.9.